The maximum Gasteiger partial charge on any atom is 0.303 e. The number of hydrogen-bond acceptors (Lipinski definition) is 4. The summed E-state index contributed by atoms with van der Waals surface area (Å²) in [6, 6.07) is 13.7. The zero-order chi connectivity index (χ0) is 17.5. The summed E-state index contributed by atoms with van der Waals surface area (Å²) in [5.41, 5.74) is 3.87. The first-order valence-electron chi connectivity index (χ1n) is 8.09. The highest BCUT2D eigenvalue weighted by Gasteiger charge is 2.03. The SMILES string of the molecule is O=C(O)CCCc1ccc(COc2ccc(-c3ccn[nH]3)nc2)cc1. The molecule has 0 unspecified atom stereocenters. The number of ether oxygens (including phenoxy) is 1. The molecule has 1 aromatic carbocycles. The Labute approximate surface area is 145 Å². The van der Waals surface area contributed by atoms with E-state index in [2.05, 4.69) is 15.2 Å². The second kappa shape index (κ2) is 8.10. The molecular weight excluding hydrogens is 318 g/mol. The van der Waals surface area contributed by atoms with Gasteiger partial charge < -0.3 is 9.84 Å². The van der Waals surface area contributed by atoms with Crippen LogP contribution in [0.1, 0.15) is 24.0 Å². The Morgan fingerprint density at radius 1 is 1.08 bits per heavy atom. The van der Waals surface area contributed by atoms with Gasteiger partial charge in [-0.05, 0) is 42.2 Å². The first-order chi connectivity index (χ1) is 12.2. The molecular formula is C19H19N3O3. The van der Waals surface area contributed by atoms with Crippen LogP contribution in [0, 0.1) is 0 Å². The summed E-state index contributed by atoms with van der Waals surface area (Å²) in [5, 5.41) is 15.4. The molecule has 0 atom stereocenters. The molecule has 0 fully saturated rings. The van der Waals surface area contributed by atoms with Gasteiger partial charge in [0, 0.05) is 12.6 Å². The smallest absolute Gasteiger partial charge is 0.303 e. The van der Waals surface area contributed by atoms with Crippen molar-refractivity contribution in [2.75, 3.05) is 0 Å². The van der Waals surface area contributed by atoms with Crippen molar-refractivity contribution in [3.05, 3.63) is 66.0 Å². The number of benzene rings is 1. The van der Waals surface area contributed by atoms with Crippen LogP contribution < -0.4 is 4.74 Å². The first-order valence-corrected chi connectivity index (χ1v) is 8.09. The fraction of sp³-hybridized carbons (Fsp3) is 0.211. The highest BCUT2D eigenvalue weighted by Crippen LogP contribution is 2.18. The van der Waals surface area contributed by atoms with Crippen molar-refractivity contribution in [3.63, 3.8) is 0 Å². The molecule has 2 N–H and O–H groups in total. The van der Waals surface area contributed by atoms with Crippen LogP contribution in [0.15, 0.2) is 54.9 Å². The molecule has 0 spiro atoms. The predicted octanol–water partition coefficient (Wildman–Crippen LogP) is 3.46. The van der Waals surface area contributed by atoms with E-state index in [1.54, 1.807) is 12.4 Å². The third kappa shape index (κ3) is 4.91. The number of nitrogens with zero attached hydrogens (tertiary/aromatic N) is 2. The zero-order valence-electron chi connectivity index (χ0n) is 13.7. The number of carbonyl (C=O) groups is 1. The highest BCUT2D eigenvalue weighted by molar-refractivity contribution is 5.66. The van der Waals surface area contributed by atoms with Crippen LogP contribution in [-0.2, 0) is 17.8 Å². The van der Waals surface area contributed by atoms with Crippen molar-refractivity contribution in [1.29, 1.82) is 0 Å². The van der Waals surface area contributed by atoms with Crippen LogP contribution in [-0.4, -0.2) is 26.3 Å². The van der Waals surface area contributed by atoms with Crippen LogP contribution in [0.25, 0.3) is 11.4 Å². The number of aromatic nitrogens is 3. The average Bonchev–Trinajstić information content (AvgIpc) is 3.16. The molecule has 3 rings (SSSR count). The maximum absolute atomic E-state index is 10.5. The lowest BCUT2D eigenvalue weighted by Gasteiger charge is -2.07. The minimum absolute atomic E-state index is 0.201. The summed E-state index contributed by atoms with van der Waals surface area (Å²) in [7, 11) is 0. The molecule has 2 aromatic heterocycles. The molecule has 0 aliphatic heterocycles. The molecule has 0 amide bonds. The molecule has 6 heteroatoms. The number of aromatic amines is 1. The number of H-pyrrole nitrogens is 1. The lowest BCUT2D eigenvalue weighted by molar-refractivity contribution is -0.137. The standard InChI is InChI=1S/C19H19N3O3/c23-19(24)3-1-2-14-4-6-15(7-5-14)13-25-16-8-9-17(20-12-16)18-10-11-21-22-18/h4-12H,1-3,13H2,(H,21,22)(H,23,24). The number of nitrogens with one attached hydrogen (secondary N) is 1. The Bertz CT molecular complexity index is 797. The van der Waals surface area contributed by atoms with Crippen LogP contribution in [0.5, 0.6) is 5.75 Å². The van der Waals surface area contributed by atoms with Crippen molar-refractivity contribution in [3.8, 4) is 17.1 Å². The molecule has 0 aliphatic rings. The van der Waals surface area contributed by atoms with Crippen LogP contribution in [0.4, 0.5) is 0 Å². The summed E-state index contributed by atoms with van der Waals surface area (Å²) >= 11 is 0. The monoisotopic (exact) mass is 337 g/mol. The maximum atomic E-state index is 10.5. The van der Waals surface area contributed by atoms with Crippen molar-refractivity contribution < 1.29 is 14.6 Å². The van der Waals surface area contributed by atoms with Gasteiger partial charge in [0.1, 0.15) is 12.4 Å². The van der Waals surface area contributed by atoms with E-state index >= 15 is 0 Å². The largest absolute Gasteiger partial charge is 0.487 e. The fourth-order valence-electron chi connectivity index (χ4n) is 2.44. The van der Waals surface area contributed by atoms with Crippen molar-refractivity contribution >= 4 is 5.97 Å². The summed E-state index contributed by atoms with van der Waals surface area (Å²) in [5.74, 6) is -0.0500. The second-order valence-corrected chi connectivity index (χ2v) is 5.70. The normalized spacial score (nSPS) is 10.6. The topological polar surface area (TPSA) is 88.1 Å². The Balaban J connectivity index is 1.50. The number of aliphatic carboxylic acids is 1. The summed E-state index contributed by atoms with van der Waals surface area (Å²) < 4.78 is 5.75. The van der Waals surface area contributed by atoms with Gasteiger partial charge in [-0.2, -0.15) is 5.10 Å². The van der Waals surface area contributed by atoms with E-state index < -0.39 is 5.97 Å². The lowest BCUT2D eigenvalue weighted by atomic mass is 10.1. The number of carboxylic acid groups (broad SMARTS) is 1. The Hall–Kier alpha value is -3.15. The van der Waals surface area contributed by atoms with E-state index in [0.29, 0.717) is 18.8 Å². The third-order valence-electron chi connectivity index (χ3n) is 3.80. The Morgan fingerprint density at radius 3 is 2.52 bits per heavy atom. The molecule has 0 aliphatic carbocycles. The van der Waals surface area contributed by atoms with Crippen LogP contribution in [0.3, 0.4) is 0 Å². The van der Waals surface area contributed by atoms with E-state index in [-0.39, 0.29) is 6.42 Å². The zero-order valence-corrected chi connectivity index (χ0v) is 13.7. The molecule has 3 aromatic rings. The van der Waals surface area contributed by atoms with E-state index in [0.717, 1.165) is 28.9 Å². The van der Waals surface area contributed by atoms with Crippen molar-refractivity contribution in [2.24, 2.45) is 0 Å². The van der Waals surface area contributed by atoms with E-state index in [4.69, 9.17) is 9.84 Å². The molecule has 2 heterocycles. The van der Waals surface area contributed by atoms with Crippen molar-refractivity contribution in [2.45, 2.75) is 25.9 Å². The van der Waals surface area contributed by atoms with Gasteiger partial charge in [-0.3, -0.25) is 14.9 Å². The van der Waals surface area contributed by atoms with Gasteiger partial charge in [0.25, 0.3) is 0 Å². The summed E-state index contributed by atoms with van der Waals surface area (Å²) in [4.78, 5) is 14.9. The fourth-order valence-corrected chi connectivity index (χ4v) is 2.44. The molecule has 6 nitrogen and oxygen atoms in total. The highest BCUT2D eigenvalue weighted by atomic mass is 16.5. The lowest BCUT2D eigenvalue weighted by Crippen LogP contribution is -1.98. The van der Waals surface area contributed by atoms with Gasteiger partial charge in [-0.25, -0.2) is 0 Å². The summed E-state index contributed by atoms with van der Waals surface area (Å²) in [6.07, 6.45) is 5.00. The van der Waals surface area contributed by atoms with Crippen LogP contribution in [0.2, 0.25) is 0 Å². The first kappa shape index (κ1) is 16.7. The van der Waals surface area contributed by atoms with Crippen LogP contribution >= 0.6 is 0 Å². The van der Waals surface area contributed by atoms with E-state index in [1.165, 1.54) is 0 Å². The second-order valence-electron chi connectivity index (χ2n) is 5.70. The number of rotatable bonds is 8. The number of pyridine rings is 1. The van der Waals surface area contributed by atoms with Crippen molar-refractivity contribution in [1.82, 2.24) is 15.2 Å². The molecule has 128 valence electrons. The molecule has 25 heavy (non-hydrogen) atoms. The Kier molecular flexibility index (Phi) is 5.41. The molecule has 0 radical (unpaired) electrons. The van der Waals surface area contributed by atoms with Gasteiger partial charge in [-0.15, -0.1) is 0 Å². The minimum atomic E-state index is -0.753. The Morgan fingerprint density at radius 2 is 1.88 bits per heavy atom. The van der Waals surface area contributed by atoms with E-state index in [1.807, 2.05) is 42.5 Å². The molecule has 0 saturated carbocycles. The molecule has 0 saturated heterocycles. The summed E-state index contributed by atoms with van der Waals surface area (Å²) in [6.45, 7) is 0.459. The number of aryl methyl sites for hydroxylation is 1. The van der Waals surface area contributed by atoms with Gasteiger partial charge in [0.05, 0.1) is 17.6 Å². The predicted molar refractivity (Wildman–Crippen MR) is 93.2 cm³/mol. The average molecular weight is 337 g/mol. The van der Waals surface area contributed by atoms with E-state index in [9.17, 15) is 4.79 Å². The van der Waals surface area contributed by atoms with Gasteiger partial charge in [-0.1, -0.05) is 24.3 Å². The number of carboxylic acids is 1. The third-order valence-corrected chi connectivity index (χ3v) is 3.80. The van der Waals surface area contributed by atoms with Gasteiger partial charge in [0.15, 0.2) is 0 Å². The van der Waals surface area contributed by atoms with Gasteiger partial charge >= 0.3 is 5.97 Å². The number of hydrogen-bond donors (Lipinski definition) is 2. The van der Waals surface area contributed by atoms with Gasteiger partial charge in [0.2, 0.25) is 0 Å². The quantitative estimate of drug-likeness (QED) is 0.657. The molecule has 0 bridgehead atoms. The minimum Gasteiger partial charge on any atom is -0.487 e.